The van der Waals surface area contributed by atoms with E-state index in [2.05, 4.69) is 41.6 Å². The van der Waals surface area contributed by atoms with E-state index in [4.69, 9.17) is 11.5 Å². The maximum absolute atomic E-state index is 11.3. The van der Waals surface area contributed by atoms with Gasteiger partial charge in [-0.15, -0.1) is 0 Å². The highest BCUT2D eigenvalue weighted by atomic mass is 79.9. The molecule has 0 aliphatic rings. The summed E-state index contributed by atoms with van der Waals surface area (Å²) < 4.78 is 1.02. The number of hydrogen-bond acceptors (Lipinski definition) is 3. The second-order valence-corrected chi connectivity index (χ2v) is 6.22. The zero-order valence-electron chi connectivity index (χ0n) is 12.3. The zero-order valence-corrected chi connectivity index (χ0v) is 13.9. The van der Waals surface area contributed by atoms with Gasteiger partial charge in [-0.05, 0) is 38.0 Å². The summed E-state index contributed by atoms with van der Waals surface area (Å²) in [6.07, 6.45) is 0.836. The topological polar surface area (TPSA) is 72.3 Å². The van der Waals surface area contributed by atoms with Crippen LogP contribution in [0.2, 0.25) is 0 Å². The van der Waals surface area contributed by atoms with Crippen molar-refractivity contribution >= 4 is 21.8 Å². The van der Waals surface area contributed by atoms with E-state index in [1.54, 1.807) is 0 Å². The highest BCUT2D eigenvalue weighted by Gasteiger charge is 2.28. The summed E-state index contributed by atoms with van der Waals surface area (Å²) in [5.74, 6) is -0.330. The van der Waals surface area contributed by atoms with Gasteiger partial charge >= 0.3 is 0 Å². The van der Waals surface area contributed by atoms with Crippen LogP contribution in [0.25, 0.3) is 0 Å². The first-order valence-electron chi connectivity index (χ1n) is 6.91. The lowest BCUT2D eigenvalue weighted by molar-refractivity contribution is -0.120. The van der Waals surface area contributed by atoms with Crippen molar-refractivity contribution in [2.24, 2.45) is 11.5 Å². The molecule has 0 spiro atoms. The van der Waals surface area contributed by atoms with E-state index in [9.17, 15) is 4.79 Å². The Morgan fingerprint density at radius 1 is 1.30 bits per heavy atom. The Morgan fingerprint density at radius 3 is 2.25 bits per heavy atom. The summed E-state index contributed by atoms with van der Waals surface area (Å²) in [6.45, 7) is 6.37. The first-order valence-corrected chi connectivity index (χ1v) is 7.71. The van der Waals surface area contributed by atoms with Gasteiger partial charge in [0.2, 0.25) is 5.91 Å². The van der Waals surface area contributed by atoms with E-state index in [1.807, 2.05) is 24.3 Å². The van der Waals surface area contributed by atoms with Gasteiger partial charge in [-0.3, -0.25) is 9.69 Å². The zero-order chi connectivity index (χ0) is 15.3. The van der Waals surface area contributed by atoms with Gasteiger partial charge in [0, 0.05) is 16.6 Å². The summed E-state index contributed by atoms with van der Waals surface area (Å²) >= 11 is 3.44. The predicted molar refractivity (Wildman–Crippen MR) is 86.2 cm³/mol. The summed E-state index contributed by atoms with van der Waals surface area (Å²) in [6, 6.07) is 8.20. The fraction of sp³-hybridized carbons (Fsp3) is 0.533. The Kier molecular flexibility index (Phi) is 6.65. The molecule has 0 saturated heterocycles. The standard InChI is InChI=1S/C15H24BrN3O/c1-4-13(17)15(11-5-7-12(16)8-6-11)19(10(2)3)9-14(18)20/h5-8,10,13,15H,4,9,17H2,1-3H3,(H2,18,20). The van der Waals surface area contributed by atoms with Gasteiger partial charge in [0.05, 0.1) is 12.6 Å². The highest BCUT2D eigenvalue weighted by molar-refractivity contribution is 9.10. The monoisotopic (exact) mass is 341 g/mol. The van der Waals surface area contributed by atoms with E-state index in [0.29, 0.717) is 0 Å². The Balaban J connectivity index is 3.14. The Morgan fingerprint density at radius 2 is 1.85 bits per heavy atom. The third kappa shape index (κ3) is 4.58. The van der Waals surface area contributed by atoms with Crippen LogP contribution in [-0.4, -0.2) is 29.4 Å². The highest BCUT2D eigenvalue weighted by Crippen LogP contribution is 2.28. The van der Waals surface area contributed by atoms with Crippen molar-refractivity contribution in [2.45, 2.75) is 45.3 Å². The van der Waals surface area contributed by atoms with Gasteiger partial charge in [0.25, 0.3) is 0 Å². The molecule has 1 amide bonds. The van der Waals surface area contributed by atoms with Crippen LogP contribution >= 0.6 is 15.9 Å². The molecule has 2 atom stereocenters. The van der Waals surface area contributed by atoms with Gasteiger partial charge in [-0.1, -0.05) is 35.0 Å². The van der Waals surface area contributed by atoms with Crippen LogP contribution in [0.5, 0.6) is 0 Å². The van der Waals surface area contributed by atoms with Gasteiger partial charge < -0.3 is 11.5 Å². The molecule has 1 aromatic rings. The van der Waals surface area contributed by atoms with E-state index in [-0.39, 0.29) is 30.6 Å². The molecule has 0 bridgehead atoms. The molecule has 112 valence electrons. The van der Waals surface area contributed by atoms with Gasteiger partial charge in [-0.25, -0.2) is 0 Å². The quantitative estimate of drug-likeness (QED) is 0.799. The maximum atomic E-state index is 11.3. The summed E-state index contributed by atoms with van der Waals surface area (Å²) in [4.78, 5) is 13.4. The maximum Gasteiger partial charge on any atom is 0.231 e. The second kappa shape index (κ2) is 7.76. The molecule has 0 aliphatic carbocycles. The largest absolute Gasteiger partial charge is 0.369 e. The van der Waals surface area contributed by atoms with E-state index < -0.39 is 0 Å². The third-order valence-electron chi connectivity index (χ3n) is 3.45. The fourth-order valence-electron chi connectivity index (χ4n) is 2.35. The Labute approximate surface area is 129 Å². The molecule has 2 unspecified atom stereocenters. The van der Waals surface area contributed by atoms with Crippen LogP contribution in [0.15, 0.2) is 28.7 Å². The van der Waals surface area contributed by atoms with Gasteiger partial charge in [0.15, 0.2) is 0 Å². The van der Waals surface area contributed by atoms with E-state index in [1.165, 1.54) is 0 Å². The minimum Gasteiger partial charge on any atom is -0.369 e. The molecule has 4 N–H and O–H groups in total. The van der Waals surface area contributed by atoms with Crippen molar-refractivity contribution in [1.29, 1.82) is 0 Å². The summed E-state index contributed by atoms with van der Waals surface area (Å²) in [7, 11) is 0. The smallest absolute Gasteiger partial charge is 0.231 e. The summed E-state index contributed by atoms with van der Waals surface area (Å²) in [5, 5.41) is 0. The Bertz CT molecular complexity index is 433. The number of amides is 1. The average Bonchev–Trinajstić information content (AvgIpc) is 2.39. The number of nitrogens with two attached hydrogens (primary N) is 2. The predicted octanol–water partition coefficient (Wildman–Crippen LogP) is 2.42. The normalized spacial score (nSPS) is 14.6. The molecular formula is C15H24BrN3O. The van der Waals surface area contributed by atoms with Crippen molar-refractivity contribution in [3.05, 3.63) is 34.3 Å². The summed E-state index contributed by atoms with van der Waals surface area (Å²) in [5.41, 5.74) is 12.8. The molecule has 0 aromatic heterocycles. The number of nitrogens with zero attached hydrogens (tertiary/aromatic N) is 1. The van der Waals surface area contributed by atoms with E-state index in [0.717, 1.165) is 16.5 Å². The minimum atomic E-state index is -0.330. The third-order valence-corrected chi connectivity index (χ3v) is 3.98. The minimum absolute atomic E-state index is 0.0133. The van der Waals surface area contributed by atoms with Crippen LogP contribution in [0.1, 0.15) is 38.8 Å². The van der Waals surface area contributed by atoms with Crippen LogP contribution in [0, 0.1) is 0 Å². The van der Waals surface area contributed by atoms with Crippen LogP contribution < -0.4 is 11.5 Å². The van der Waals surface area contributed by atoms with Crippen molar-refractivity contribution in [3.8, 4) is 0 Å². The number of carbonyl (C=O) groups excluding carboxylic acids is 1. The van der Waals surface area contributed by atoms with Crippen molar-refractivity contribution in [2.75, 3.05) is 6.54 Å². The lowest BCUT2D eigenvalue weighted by Crippen LogP contribution is -2.47. The number of carbonyl (C=O) groups is 1. The molecule has 5 heteroatoms. The molecule has 0 saturated carbocycles. The molecule has 0 fully saturated rings. The number of rotatable bonds is 7. The number of benzene rings is 1. The lowest BCUT2D eigenvalue weighted by atomic mass is 9.95. The van der Waals surface area contributed by atoms with Gasteiger partial charge in [-0.2, -0.15) is 0 Å². The van der Waals surface area contributed by atoms with Crippen molar-refractivity contribution in [1.82, 2.24) is 4.90 Å². The molecule has 0 radical (unpaired) electrons. The second-order valence-electron chi connectivity index (χ2n) is 5.30. The molecule has 20 heavy (non-hydrogen) atoms. The van der Waals surface area contributed by atoms with E-state index >= 15 is 0 Å². The molecule has 4 nitrogen and oxygen atoms in total. The van der Waals surface area contributed by atoms with Crippen molar-refractivity contribution in [3.63, 3.8) is 0 Å². The molecule has 0 aliphatic heterocycles. The van der Waals surface area contributed by atoms with Crippen LogP contribution in [0.4, 0.5) is 0 Å². The average molecular weight is 342 g/mol. The van der Waals surface area contributed by atoms with Crippen molar-refractivity contribution < 1.29 is 4.79 Å². The van der Waals surface area contributed by atoms with Crippen LogP contribution in [0.3, 0.4) is 0 Å². The Hall–Kier alpha value is -0.910. The molecule has 1 rings (SSSR count). The lowest BCUT2D eigenvalue weighted by Gasteiger charge is -2.37. The molecule has 0 heterocycles. The SMILES string of the molecule is CCC(N)C(c1ccc(Br)cc1)N(CC(N)=O)C(C)C. The first-order chi connectivity index (χ1) is 9.36. The molecular weight excluding hydrogens is 318 g/mol. The number of primary amides is 1. The number of hydrogen-bond donors (Lipinski definition) is 2. The van der Waals surface area contributed by atoms with Gasteiger partial charge in [0.1, 0.15) is 0 Å². The fourth-order valence-corrected chi connectivity index (χ4v) is 2.61. The molecule has 1 aromatic carbocycles. The number of halogens is 1. The van der Waals surface area contributed by atoms with Crippen LogP contribution in [-0.2, 0) is 4.79 Å². The first kappa shape index (κ1) is 17.1.